The Morgan fingerprint density at radius 3 is 2.74 bits per heavy atom. The van der Waals surface area contributed by atoms with Gasteiger partial charge in [-0.3, -0.25) is 4.90 Å². The molecule has 1 aliphatic heterocycles. The van der Waals surface area contributed by atoms with E-state index in [1.807, 2.05) is 30.3 Å². The third-order valence-electron chi connectivity index (χ3n) is 3.98. The van der Waals surface area contributed by atoms with E-state index in [1.165, 1.54) is 19.3 Å². The van der Waals surface area contributed by atoms with Crippen molar-refractivity contribution in [1.82, 2.24) is 4.90 Å². The molecule has 1 aromatic carbocycles. The first-order chi connectivity index (χ1) is 9.35. The summed E-state index contributed by atoms with van der Waals surface area (Å²) in [5.74, 6) is -0.103. The maximum atomic E-state index is 9.52. The van der Waals surface area contributed by atoms with Crippen LogP contribution in [0.2, 0.25) is 0 Å². The second kappa shape index (κ2) is 7.28. The standard InChI is InChI=1S/C16H22N2O/c17-11-15(14-7-3-1-4-8-14)12-18-10-6-2-5-9-16(18)13-19/h1,3-4,7-8,15-16,19H,2,5-6,9-10,12-13H2. The monoisotopic (exact) mass is 258 g/mol. The van der Waals surface area contributed by atoms with Crippen molar-refractivity contribution in [2.24, 2.45) is 0 Å². The lowest BCUT2D eigenvalue weighted by Crippen LogP contribution is -2.40. The lowest BCUT2D eigenvalue weighted by Gasteiger charge is -2.30. The molecule has 0 spiro atoms. The Hall–Kier alpha value is -1.37. The van der Waals surface area contributed by atoms with Crippen LogP contribution in [-0.4, -0.2) is 35.7 Å². The molecule has 1 heterocycles. The molecule has 2 unspecified atom stereocenters. The molecule has 0 bridgehead atoms. The number of aliphatic hydroxyl groups is 1. The van der Waals surface area contributed by atoms with Gasteiger partial charge in [0, 0.05) is 12.6 Å². The van der Waals surface area contributed by atoms with Crippen LogP contribution in [0.5, 0.6) is 0 Å². The lowest BCUT2D eigenvalue weighted by molar-refractivity contribution is 0.122. The minimum Gasteiger partial charge on any atom is -0.395 e. The van der Waals surface area contributed by atoms with Gasteiger partial charge in [0.05, 0.1) is 18.6 Å². The molecule has 1 aliphatic rings. The maximum Gasteiger partial charge on any atom is 0.0839 e. The Bertz CT molecular complexity index is 413. The highest BCUT2D eigenvalue weighted by Crippen LogP contribution is 2.22. The number of hydrogen-bond donors (Lipinski definition) is 1. The largest absolute Gasteiger partial charge is 0.395 e. The fourth-order valence-corrected chi connectivity index (χ4v) is 2.82. The van der Waals surface area contributed by atoms with E-state index in [-0.39, 0.29) is 18.6 Å². The predicted molar refractivity (Wildman–Crippen MR) is 75.7 cm³/mol. The van der Waals surface area contributed by atoms with Gasteiger partial charge in [0.1, 0.15) is 0 Å². The Kier molecular flexibility index (Phi) is 5.38. The van der Waals surface area contributed by atoms with Crippen molar-refractivity contribution in [2.75, 3.05) is 19.7 Å². The van der Waals surface area contributed by atoms with E-state index in [4.69, 9.17) is 0 Å². The summed E-state index contributed by atoms with van der Waals surface area (Å²) in [5.41, 5.74) is 1.07. The highest BCUT2D eigenvalue weighted by molar-refractivity contribution is 5.25. The molecule has 3 heteroatoms. The molecular weight excluding hydrogens is 236 g/mol. The van der Waals surface area contributed by atoms with Crippen LogP contribution in [-0.2, 0) is 0 Å². The summed E-state index contributed by atoms with van der Waals surface area (Å²) in [4.78, 5) is 2.30. The molecule has 0 saturated carbocycles. The molecule has 0 radical (unpaired) electrons. The first kappa shape index (κ1) is 14.0. The summed E-state index contributed by atoms with van der Waals surface area (Å²) >= 11 is 0. The molecule has 2 atom stereocenters. The fourth-order valence-electron chi connectivity index (χ4n) is 2.82. The minimum atomic E-state index is -0.103. The number of nitrogens with zero attached hydrogens (tertiary/aromatic N) is 2. The Balaban J connectivity index is 2.06. The summed E-state index contributed by atoms with van der Waals surface area (Å²) in [6.45, 7) is 1.93. The van der Waals surface area contributed by atoms with E-state index >= 15 is 0 Å². The van der Waals surface area contributed by atoms with Crippen LogP contribution < -0.4 is 0 Å². The van der Waals surface area contributed by atoms with Gasteiger partial charge in [-0.2, -0.15) is 5.26 Å². The fraction of sp³-hybridized carbons (Fsp3) is 0.562. The Morgan fingerprint density at radius 1 is 1.26 bits per heavy atom. The van der Waals surface area contributed by atoms with Crippen LogP contribution in [0.25, 0.3) is 0 Å². The van der Waals surface area contributed by atoms with Gasteiger partial charge >= 0.3 is 0 Å². The van der Waals surface area contributed by atoms with E-state index in [1.54, 1.807) is 0 Å². The summed E-state index contributed by atoms with van der Waals surface area (Å²) < 4.78 is 0. The summed E-state index contributed by atoms with van der Waals surface area (Å²) in [5, 5.41) is 18.9. The SMILES string of the molecule is N#CC(CN1CCCCCC1CO)c1ccccc1. The molecule has 3 nitrogen and oxygen atoms in total. The highest BCUT2D eigenvalue weighted by Gasteiger charge is 2.23. The Labute approximate surface area is 115 Å². The second-order valence-corrected chi connectivity index (χ2v) is 5.27. The number of aliphatic hydroxyl groups excluding tert-OH is 1. The number of benzene rings is 1. The van der Waals surface area contributed by atoms with E-state index in [2.05, 4.69) is 11.0 Å². The highest BCUT2D eigenvalue weighted by atomic mass is 16.3. The molecular formula is C16H22N2O. The molecule has 1 fully saturated rings. The van der Waals surface area contributed by atoms with Gasteiger partial charge in [0.25, 0.3) is 0 Å². The minimum absolute atomic E-state index is 0.103. The average molecular weight is 258 g/mol. The van der Waals surface area contributed by atoms with Crippen LogP contribution >= 0.6 is 0 Å². The van der Waals surface area contributed by atoms with Crippen LogP contribution in [0.1, 0.15) is 37.2 Å². The third kappa shape index (κ3) is 3.79. The third-order valence-corrected chi connectivity index (χ3v) is 3.98. The topological polar surface area (TPSA) is 47.3 Å². The van der Waals surface area contributed by atoms with Gasteiger partial charge in [-0.25, -0.2) is 0 Å². The van der Waals surface area contributed by atoms with Gasteiger partial charge in [0.15, 0.2) is 0 Å². The average Bonchev–Trinajstić information content (AvgIpc) is 2.70. The van der Waals surface area contributed by atoms with Gasteiger partial charge in [-0.05, 0) is 24.9 Å². The molecule has 0 aliphatic carbocycles. The van der Waals surface area contributed by atoms with Crippen molar-refractivity contribution in [3.63, 3.8) is 0 Å². The molecule has 1 N–H and O–H groups in total. The van der Waals surface area contributed by atoms with E-state index in [0.29, 0.717) is 0 Å². The zero-order valence-electron chi connectivity index (χ0n) is 11.3. The zero-order valence-corrected chi connectivity index (χ0v) is 11.3. The summed E-state index contributed by atoms with van der Waals surface area (Å²) in [6.07, 6.45) is 4.63. The molecule has 1 saturated heterocycles. The van der Waals surface area contributed by atoms with Crippen molar-refractivity contribution in [3.05, 3.63) is 35.9 Å². The van der Waals surface area contributed by atoms with Gasteiger partial charge in [-0.15, -0.1) is 0 Å². The molecule has 102 valence electrons. The maximum absolute atomic E-state index is 9.52. The zero-order chi connectivity index (χ0) is 13.5. The first-order valence-electron chi connectivity index (χ1n) is 7.14. The molecule has 19 heavy (non-hydrogen) atoms. The number of rotatable bonds is 4. The predicted octanol–water partition coefficient (Wildman–Crippen LogP) is 2.53. The van der Waals surface area contributed by atoms with Crippen LogP contribution in [0.15, 0.2) is 30.3 Å². The number of likely N-dealkylation sites (tertiary alicyclic amines) is 1. The van der Waals surface area contributed by atoms with E-state index in [9.17, 15) is 10.4 Å². The van der Waals surface area contributed by atoms with E-state index in [0.717, 1.165) is 25.1 Å². The van der Waals surface area contributed by atoms with Crippen molar-refractivity contribution < 1.29 is 5.11 Å². The lowest BCUT2D eigenvalue weighted by atomic mass is 9.99. The van der Waals surface area contributed by atoms with Crippen LogP contribution in [0.4, 0.5) is 0 Å². The summed E-state index contributed by atoms with van der Waals surface area (Å²) in [6, 6.07) is 12.6. The van der Waals surface area contributed by atoms with Crippen LogP contribution in [0.3, 0.4) is 0 Å². The number of hydrogen-bond acceptors (Lipinski definition) is 3. The van der Waals surface area contributed by atoms with Crippen molar-refractivity contribution >= 4 is 0 Å². The molecule has 0 amide bonds. The van der Waals surface area contributed by atoms with Crippen molar-refractivity contribution in [3.8, 4) is 6.07 Å². The Morgan fingerprint density at radius 2 is 2.05 bits per heavy atom. The molecule has 0 aromatic heterocycles. The number of nitriles is 1. The van der Waals surface area contributed by atoms with E-state index < -0.39 is 0 Å². The van der Waals surface area contributed by atoms with Crippen LogP contribution in [0, 0.1) is 11.3 Å². The van der Waals surface area contributed by atoms with Crippen molar-refractivity contribution in [2.45, 2.75) is 37.6 Å². The first-order valence-corrected chi connectivity index (χ1v) is 7.14. The van der Waals surface area contributed by atoms with Gasteiger partial charge in [-0.1, -0.05) is 43.2 Å². The van der Waals surface area contributed by atoms with Gasteiger partial charge in [0.2, 0.25) is 0 Å². The van der Waals surface area contributed by atoms with Gasteiger partial charge < -0.3 is 5.11 Å². The summed E-state index contributed by atoms with van der Waals surface area (Å²) in [7, 11) is 0. The molecule has 1 aromatic rings. The molecule has 2 rings (SSSR count). The second-order valence-electron chi connectivity index (χ2n) is 5.27. The quantitative estimate of drug-likeness (QED) is 0.902. The smallest absolute Gasteiger partial charge is 0.0839 e. The normalized spacial score (nSPS) is 22.4. The van der Waals surface area contributed by atoms with Crippen molar-refractivity contribution in [1.29, 1.82) is 5.26 Å².